The van der Waals surface area contributed by atoms with Crippen molar-refractivity contribution >= 4 is 15.9 Å². The number of halogens is 16. The Morgan fingerprint density at radius 3 is 1.00 bits per heavy atom. The third-order valence-corrected chi connectivity index (χ3v) is 5.36. The highest BCUT2D eigenvalue weighted by Gasteiger charge is 3.04. The summed E-state index contributed by atoms with van der Waals surface area (Å²) in [4.78, 5) is 0. The van der Waals surface area contributed by atoms with Gasteiger partial charge in [0.15, 0.2) is 0 Å². The van der Waals surface area contributed by atoms with Crippen LogP contribution >= 0.6 is 15.9 Å². The molecule has 1 aliphatic rings. The van der Waals surface area contributed by atoms with Gasteiger partial charge in [-0.2, -0.15) is 43.9 Å². The lowest BCUT2D eigenvalue weighted by Gasteiger charge is -2.57. The Bertz CT molecular complexity index is 519. The molecular weight excluding hydrogens is 485 g/mol. The zero-order valence-electron chi connectivity index (χ0n) is 11.5. The predicted molar refractivity (Wildman–Crippen MR) is 57.1 cm³/mol. The topological polar surface area (TPSA) is 0 Å². The molecule has 26 heavy (non-hydrogen) atoms. The van der Waals surface area contributed by atoms with Crippen molar-refractivity contribution in [2.45, 2.75) is 45.5 Å². The molecule has 1 fully saturated rings. The second-order valence-electron chi connectivity index (χ2n) is 5.34. The van der Waals surface area contributed by atoms with Gasteiger partial charge >= 0.3 is 35.5 Å². The first-order chi connectivity index (χ1) is 11.1. The Kier molecular flexibility index (Phi) is 4.95. The Labute approximate surface area is 141 Å². The fourth-order valence-corrected chi connectivity index (χ4v) is 2.98. The average Bonchev–Trinajstić information content (AvgIpc) is 2.50. The van der Waals surface area contributed by atoms with Crippen LogP contribution in [-0.4, -0.2) is 58.9 Å². The van der Waals surface area contributed by atoms with Crippen LogP contribution in [0, 0.1) is 0 Å². The van der Waals surface area contributed by atoms with Gasteiger partial charge in [-0.05, 0) is 0 Å². The molecule has 0 N–H and O–H groups in total. The van der Waals surface area contributed by atoms with Crippen molar-refractivity contribution < 1.29 is 65.9 Å². The van der Waals surface area contributed by atoms with Crippen molar-refractivity contribution in [3.8, 4) is 0 Å². The van der Waals surface area contributed by atoms with E-state index in [4.69, 9.17) is 0 Å². The Balaban J connectivity index is 4.05. The normalized spacial score (nSPS) is 28.6. The van der Waals surface area contributed by atoms with Crippen molar-refractivity contribution in [1.29, 1.82) is 0 Å². The third-order valence-electron chi connectivity index (χ3n) is 3.86. The smallest absolute Gasteiger partial charge is 0.247 e. The van der Waals surface area contributed by atoms with E-state index in [1.807, 2.05) is 0 Å². The number of alkyl halides is 16. The maximum Gasteiger partial charge on any atom is 0.384 e. The molecule has 0 spiro atoms. The number of hydrogen-bond acceptors (Lipinski definition) is 0. The molecule has 0 nitrogen and oxygen atoms in total. The van der Waals surface area contributed by atoms with E-state index < -0.39 is 58.9 Å². The number of rotatable bonds is 4. The van der Waals surface area contributed by atoms with E-state index in [1.165, 1.54) is 0 Å². The van der Waals surface area contributed by atoms with Crippen molar-refractivity contribution in [3.05, 3.63) is 0 Å². The second-order valence-corrected chi connectivity index (χ2v) is 6.53. The van der Waals surface area contributed by atoms with Gasteiger partial charge in [-0.3, -0.25) is 0 Å². The average molecular weight is 489 g/mol. The van der Waals surface area contributed by atoms with E-state index in [0.29, 0.717) is 15.9 Å². The van der Waals surface area contributed by atoms with E-state index in [9.17, 15) is 65.9 Å². The van der Waals surface area contributed by atoms with Crippen LogP contribution in [-0.2, 0) is 0 Å². The summed E-state index contributed by atoms with van der Waals surface area (Å²) >= 11 is 0.464. The molecule has 0 atom stereocenters. The fraction of sp³-hybridized carbons (Fsp3) is 1.00. The van der Waals surface area contributed by atoms with Gasteiger partial charge in [0.1, 0.15) is 13.3 Å². The molecule has 16 heteroatoms. The molecule has 1 aliphatic carbocycles. The highest BCUT2D eigenvalue weighted by molar-refractivity contribution is 9.10. The van der Waals surface area contributed by atoms with Gasteiger partial charge in [0.05, 0.1) is 0 Å². The van der Waals surface area contributed by atoms with Crippen molar-refractivity contribution in [2.24, 2.45) is 0 Å². The van der Waals surface area contributed by atoms with Gasteiger partial charge in [-0.15, -0.1) is 0 Å². The molecule has 0 saturated heterocycles. The van der Waals surface area contributed by atoms with Crippen LogP contribution in [0.3, 0.4) is 0 Å². The first-order valence-electron chi connectivity index (χ1n) is 5.89. The Hall–Kier alpha value is -0.570. The van der Waals surface area contributed by atoms with Crippen molar-refractivity contribution in [2.75, 3.05) is 13.3 Å². The van der Waals surface area contributed by atoms with Crippen LogP contribution < -0.4 is 0 Å². The quantitative estimate of drug-likeness (QED) is 0.357. The van der Waals surface area contributed by atoms with E-state index in [1.54, 1.807) is 0 Å². The van der Waals surface area contributed by atoms with E-state index in [-0.39, 0.29) is 0 Å². The largest absolute Gasteiger partial charge is 0.384 e. The van der Waals surface area contributed by atoms with Crippen LogP contribution in [0.25, 0.3) is 0 Å². The molecule has 0 radical (unpaired) electrons. The zero-order chi connectivity index (χ0) is 21.4. The summed E-state index contributed by atoms with van der Waals surface area (Å²) in [6.45, 7) is -6.85. The minimum Gasteiger partial charge on any atom is -0.247 e. The van der Waals surface area contributed by atoms with Crippen molar-refractivity contribution in [3.63, 3.8) is 0 Å². The standard InChI is InChI=1S/C10H4BrF15/c11-4(5(15,16)3(14,1-12)2-13)6(17,18)8(21,22)10(25,26)9(23,24)7(4,19)20/h1-2H2. The van der Waals surface area contributed by atoms with Crippen LogP contribution in [0.2, 0.25) is 0 Å². The van der Waals surface area contributed by atoms with Gasteiger partial charge in [0, 0.05) is 0 Å². The lowest BCUT2D eigenvalue weighted by Crippen LogP contribution is -2.88. The van der Waals surface area contributed by atoms with Crippen LogP contribution in [0.1, 0.15) is 0 Å². The van der Waals surface area contributed by atoms with Gasteiger partial charge in [0.25, 0.3) is 0 Å². The lowest BCUT2D eigenvalue weighted by molar-refractivity contribution is -0.472. The summed E-state index contributed by atoms with van der Waals surface area (Å²) < 4.78 is 193. The maximum absolute atomic E-state index is 13.9. The molecule has 156 valence electrons. The Morgan fingerprint density at radius 1 is 0.538 bits per heavy atom. The molecule has 1 saturated carbocycles. The third kappa shape index (κ3) is 1.97. The monoisotopic (exact) mass is 488 g/mol. The highest BCUT2D eigenvalue weighted by atomic mass is 79.9. The van der Waals surface area contributed by atoms with Crippen LogP contribution in [0.4, 0.5) is 65.9 Å². The lowest BCUT2D eigenvalue weighted by atomic mass is 9.68. The van der Waals surface area contributed by atoms with E-state index >= 15 is 0 Å². The molecular formula is C10H4BrF15. The summed E-state index contributed by atoms with van der Waals surface area (Å²) in [6.07, 6.45) is 0. The minimum absolute atomic E-state index is 0.464. The summed E-state index contributed by atoms with van der Waals surface area (Å²) in [5.41, 5.74) is -5.76. The van der Waals surface area contributed by atoms with E-state index in [0.717, 1.165) is 0 Å². The zero-order valence-corrected chi connectivity index (χ0v) is 13.0. The molecule has 0 aromatic heterocycles. The first-order valence-corrected chi connectivity index (χ1v) is 6.68. The maximum atomic E-state index is 13.9. The molecule has 0 aliphatic heterocycles. The molecule has 0 unspecified atom stereocenters. The summed E-state index contributed by atoms with van der Waals surface area (Å²) in [5.74, 6) is -45.0. The van der Waals surface area contributed by atoms with Crippen molar-refractivity contribution in [1.82, 2.24) is 0 Å². The molecule has 0 amide bonds. The van der Waals surface area contributed by atoms with Gasteiger partial charge < -0.3 is 0 Å². The highest BCUT2D eigenvalue weighted by Crippen LogP contribution is 2.74. The molecule has 0 heterocycles. The van der Waals surface area contributed by atoms with E-state index in [2.05, 4.69) is 0 Å². The molecule has 0 aromatic rings. The molecule has 0 bridgehead atoms. The molecule has 0 aromatic carbocycles. The summed E-state index contributed by atoms with van der Waals surface area (Å²) in [6, 6.07) is 0. The van der Waals surface area contributed by atoms with Gasteiger partial charge in [-0.25, -0.2) is 22.0 Å². The summed E-state index contributed by atoms with van der Waals surface area (Å²) in [5, 5.41) is 0. The van der Waals surface area contributed by atoms with Gasteiger partial charge in [0.2, 0.25) is 9.99 Å². The SMILES string of the molecule is FCC(F)(CF)C(F)(F)C1(Br)C(F)(F)C(F)(F)C(F)(F)C(F)(F)C1(F)F. The summed E-state index contributed by atoms with van der Waals surface area (Å²) in [7, 11) is 0. The second kappa shape index (κ2) is 5.49. The van der Waals surface area contributed by atoms with Crippen LogP contribution in [0.15, 0.2) is 0 Å². The first kappa shape index (κ1) is 23.5. The van der Waals surface area contributed by atoms with Crippen LogP contribution in [0.5, 0.6) is 0 Å². The predicted octanol–water partition coefficient (Wildman–Crippen LogP) is 5.59. The Morgan fingerprint density at radius 2 is 0.769 bits per heavy atom. The number of hydrogen-bond donors (Lipinski definition) is 0. The molecule has 1 rings (SSSR count). The fourth-order valence-electron chi connectivity index (χ4n) is 2.13. The van der Waals surface area contributed by atoms with Gasteiger partial charge in [-0.1, -0.05) is 15.9 Å². The minimum atomic E-state index is -7.62.